The zero-order chi connectivity index (χ0) is 11.2. The van der Waals surface area contributed by atoms with Gasteiger partial charge in [-0.05, 0) is 18.2 Å². The Balaban J connectivity index is 2.57. The number of carbonyl (C=O) groups is 2. The second-order valence-electron chi connectivity index (χ2n) is 3.57. The molecule has 5 heteroatoms. The van der Waals surface area contributed by atoms with E-state index in [1.54, 1.807) is 13.1 Å². The molecule has 5 nitrogen and oxygen atoms in total. The number of aliphatic hydroxyl groups excluding tert-OH is 1. The van der Waals surface area contributed by atoms with E-state index in [2.05, 4.69) is 0 Å². The number of hydrogen-bond donors (Lipinski definition) is 1. The van der Waals surface area contributed by atoms with Gasteiger partial charge in [-0.25, -0.2) is 4.79 Å². The summed E-state index contributed by atoms with van der Waals surface area (Å²) < 4.78 is 1.41. The van der Waals surface area contributed by atoms with Crippen molar-refractivity contribution in [3.8, 4) is 0 Å². The minimum Gasteiger partial charge on any atom is -0.508 e. The van der Waals surface area contributed by atoms with Crippen LogP contribution in [0.5, 0.6) is 0 Å². The maximum Gasteiger partial charge on any atom is 0.500 e. The fraction of sp³-hybridized carbons (Fsp3) is 0.300. The third kappa shape index (κ3) is 1.27. The summed E-state index contributed by atoms with van der Waals surface area (Å²) in [5, 5.41) is 9.29. The van der Waals surface area contributed by atoms with E-state index in [1.807, 2.05) is 0 Å². The number of fused-ring (bicyclic) bond motifs is 1. The van der Waals surface area contributed by atoms with Gasteiger partial charge in [0.2, 0.25) is 0 Å². The molecule has 2 rings (SSSR count). The van der Waals surface area contributed by atoms with Gasteiger partial charge in [-0.2, -0.15) is 14.3 Å². The smallest absolute Gasteiger partial charge is 0.500 e. The van der Waals surface area contributed by atoms with Crippen molar-refractivity contribution >= 4 is 17.6 Å². The fourth-order valence-corrected chi connectivity index (χ4v) is 1.74. The van der Waals surface area contributed by atoms with Crippen LogP contribution in [0.25, 0.3) is 0 Å². The van der Waals surface area contributed by atoms with Crippen molar-refractivity contribution in [2.24, 2.45) is 5.92 Å². The number of hydrogen-bond acceptors (Lipinski definition) is 3. The largest absolute Gasteiger partial charge is 0.508 e. The first-order valence-electron chi connectivity index (χ1n) is 4.53. The van der Waals surface area contributed by atoms with Gasteiger partial charge < -0.3 is 5.11 Å². The average Bonchev–Trinajstić information content (AvgIpc) is 2.23. The lowest BCUT2D eigenvalue weighted by Crippen LogP contribution is -2.51. The van der Waals surface area contributed by atoms with Gasteiger partial charge in [0.25, 0.3) is 0 Å². The first-order chi connectivity index (χ1) is 7.02. The Labute approximate surface area is 86.6 Å². The predicted octanol–water partition coefficient (Wildman–Crippen LogP) is 0.290. The minimum atomic E-state index is -0.553. The number of amides is 3. The zero-order valence-electron chi connectivity index (χ0n) is 8.47. The monoisotopic (exact) mass is 207 g/mol. The Bertz CT molecular complexity index is 446. The van der Waals surface area contributed by atoms with Crippen LogP contribution in [0.15, 0.2) is 24.0 Å². The lowest BCUT2D eigenvalue weighted by Gasteiger charge is -2.23. The van der Waals surface area contributed by atoms with Gasteiger partial charge in [-0.3, -0.25) is 0 Å². The van der Waals surface area contributed by atoms with Crippen LogP contribution in [0.4, 0.5) is 4.79 Å². The molecule has 2 aliphatic rings. The van der Waals surface area contributed by atoms with Gasteiger partial charge in [0, 0.05) is 0 Å². The zero-order valence-corrected chi connectivity index (χ0v) is 8.47. The van der Waals surface area contributed by atoms with Crippen LogP contribution in [0, 0.1) is 5.92 Å². The molecule has 1 aliphatic heterocycles. The molecular weight excluding hydrogens is 196 g/mol. The normalized spacial score (nSPS) is 25.6. The van der Waals surface area contributed by atoms with Crippen molar-refractivity contribution in [1.29, 1.82) is 0 Å². The number of allylic oxidation sites excluding steroid dienone is 2. The van der Waals surface area contributed by atoms with E-state index < -0.39 is 5.92 Å². The number of aliphatic hydroxyl groups is 1. The van der Waals surface area contributed by atoms with Crippen LogP contribution in [-0.2, 0) is 4.79 Å². The lowest BCUT2D eigenvalue weighted by molar-refractivity contribution is -0.405. The second kappa shape index (κ2) is 3.05. The molecule has 0 radical (unpaired) electrons. The summed E-state index contributed by atoms with van der Waals surface area (Å²) in [7, 11) is 3.04. The standard InChI is InChI=1S/C10H10N2O3/c1-11-8-4-3-6(13)5-7(8)9(14)12(2)10(11)15/h3-5,7H,1-2H3/p+1. The number of imide groups is 1. The highest BCUT2D eigenvalue weighted by Gasteiger charge is 2.43. The summed E-state index contributed by atoms with van der Waals surface area (Å²) in [5.41, 5.74) is 0.598. The van der Waals surface area contributed by atoms with Crippen LogP contribution in [-0.4, -0.2) is 46.3 Å². The molecule has 0 spiro atoms. The molecule has 1 atom stereocenters. The summed E-state index contributed by atoms with van der Waals surface area (Å²) in [6.07, 6.45) is 4.49. The van der Waals surface area contributed by atoms with E-state index in [0.29, 0.717) is 5.71 Å². The van der Waals surface area contributed by atoms with Gasteiger partial charge >= 0.3 is 11.9 Å². The molecule has 0 fully saturated rings. The molecule has 1 heterocycles. The Morgan fingerprint density at radius 1 is 1.40 bits per heavy atom. The van der Waals surface area contributed by atoms with Crippen molar-refractivity contribution in [1.82, 2.24) is 4.90 Å². The molecule has 0 saturated heterocycles. The van der Waals surface area contributed by atoms with Crippen LogP contribution in [0.1, 0.15) is 0 Å². The number of carbonyl (C=O) groups excluding carboxylic acids is 2. The van der Waals surface area contributed by atoms with E-state index in [0.717, 1.165) is 4.90 Å². The van der Waals surface area contributed by atoms with Crippen LogP contribution in [0.3, 0.4) is 0 Å². The van der Waals surface area contributed by atoms with Gasteiger partial charge in [-0.1, -0.05) is 0 Å². The molecule has 0 saturated carbocycles. The van der Waals surface area contributed by atoms with Crippen molar-refractivity contribution in [3.05, 3.63) is 24.0 Å². The van der Waals surface area contributed by atoms with E-state index >= 15 is 0 Å². The summed E-state index contributed by atoms with van der Waals surface area (Å²) >= 11 is 0. The molecular formula is C10H11N2O3+. The van der Waals surface area contributed by atoms with Crippen LogP contribution >= 0.6 is 0 Å². The average molecular weight is 207 g/mol. The maximum absolute atomic E-state index is 11.7. The molecule has 1 N–H and O–H groups in total. The van der Waals surface area contributed by atoms with E-state index in [1.165, 1.54) is 23.8 Å². The Hall–Kier alpha value is -1.91. The third-order valence-electron chi connectivity index (χ3n) is 2.64. The highest BCUT2D eigenvalue weighted by molar-refractivity contribution is 6.16. The van der Waals surface area contributed by atoms with Crippen LogP contribution in [0.2, 0.25) is 0 Å². The van der Waals surface area contributed by atoms with Crippen molar-refractivity contribution in [3.63, 3.8) is 0 Å². The maximum atomic E-state index is 11.7. The number of nitrogens with zero attached hydrogens (tertiary/aromatic N) is 2. The Morgan fingerprint density at radius 2 is 2.07 bits per heavy atom. The second-order valence-corrected chi connectivity index (χ2v) is 3.57. The molecule has 1 unspecified atom stereocenters. The number of rotatable bonds is 0. The highest BCUT2D eigenvalue weighted by Crippen LogP contribution is 2.19. The molecule has 0 bridgehead atoms. The Kier molecular flexibility index (Phi) is 1.96. The van der Waals surface area contributed by atoms with Gasteiger partial charge in [-0.15, -0.1) is 0 Å². The SMILES string of the molecule is CN1C(=O)C2C=C(O)C=CC2=[N+](C)C1=O. The minimum absolute atomic E-state index is 0.0493. The first kappa shape index (κ1) is 9.64. The quantitative estimate of drug-likeness (QED) is 0.581. The molecule has 3 amide bonds. The lowest BCUT2D eigenvalue weighted by atomic mass is 9.94. The highest BCUT2D eigenvalue weighted by atomic mass is 16.3. The van der Waals surface area contributed by atoms with Gasteiger partial charge in [0.05, 0.1) is 14.1 Å². The molecule has 0 aromatic heterocycles. The van der Waals surface area contributed by atoms with E-state index in [-0.39, 0.29) is 17.7 Å². The molecule has 0 aromatic carbocycles. The first-order valence-corrected chi connectivity index (χ1v) is 4.53. The summed E-state index contributed by atoms with van der Waals surface area (Å²) in [6.45, 7) is 0. The topological polar surface area (TPSA) is 60.6 Å². The van der Waals surface area contributed by atoms with E-state index in [9.17, 15) is 14.7 Å². The van der Waals surface area contributed by atoms with Gasteiger partial charge in [0.15, 0.2) is 0 Å². The third-order valence-corrected chi connectivity index (χ3v) is 2.64. The molecule has 0 aromatic rings. The van der Waals surface area contributed by atoms with Crippen molar-refractivity contribution in [2.45, 2.75) is 0 Å². The summed E-state index contributed by atoms with van der Waals surface area (Å²) in [4.78, 5) is 24.3. The summed E-state index contributed by atoms with van der Waals surface area (Å²) in [5.74, 6) is -0.819. The Morgan fingerprint density at radius 3 is 2.73 bits per heavy atom. The molecule has 78 valence electrons. The fourth-order valence-electron chi connectivity index (χ4n) is 1.74. The van der Waals surface area contributed by atoms with E-state index in [4.69, 9.17) is 0 Å². The van der Waals surface area contributed by atoms with Crippen molar-refractivity contribution in [2.75, 3.05) is 14.1 Å². The van der Waals surface area contributed by atoms with Crippen LogP contribution < -0.4 is 0 Å². The summed E-state index contributed by atoms with van der Waals surface area (Å²) in [6, 6.07) is -0.356. The number of urea groups is 1. The molecule has 15 heavy (non-hydrogen) atoms. The predicted molar refractivity (Wildman–Crippen MR) is 52.7 cm³/mol. The van der Waals surface area contributed by atoms with Gasteiger partial charge in [0.1, 0.15) is 17.4 Å². The van der Waals surface area contributed by atoms with Crippen molar-refractivity contribution < 1.29 is 19.3 Å². The molecule has 1 aliphatic carbocycles.